The highest BCUT2D eigenvalue weighted by Gasteiger charge is 2.51. The molecule has 0 unspecified atom stereocenters. The van der Waals surface area contributed by atoms with E-state index in [0.717, 1.165) is 36.1 Å². The van der Waals surface area contributed by atoms with Crippen LogP contribution in [0.4, 0.5) is 8.78 Å². The van der Waals surface area contributed by atoms with Crippen molar-refractivity contribution in [3.8, 4) is 11.5 Å². The Bertz CT molecular complexity index is 891. The quantitative estimate of drug-likeness (QED) is 0.695. The molecule has 0 amide bonds. The fraction of sp³-hybridized carbons (Fsp3) is 0.625. The number of halogens is 2. The first-order valence-electron chi connectivity index (χ1n) is 11.2. The maximum atomic E-state index is 14.2. The van der Waals surface area contributed by atoms with Gasteiger partial charge in [0, 0.05) is 19.6 Å². The molecule has 1 N–H and O–H groups in total. The summed E-state index contributed by atoms with van der Waals surface area (Å²) in [5.41, 5.74) is 1.13. The average Bonchev–Trinajstić information content (AvgIpc) is 3.03. The van der Waals surface area contributed by atoms with Crippen LogP contribution in [0.5, 0.6) is 0 Å². The molecule has 2 aromatic rings. The molecule has 1 aromatic carbocycles. The van der Waals surface area contributed by atoms with Crippen LogP contribution in [-0.2, 0) is 6.54 Å². The Hall–Kier alpha value is -1.79. The lowest BCUT2D eigenvalue weighted by molar-refractivity contribution is -0.0715. The van der Waals surface area contributed by atoms with Crippen molar-refractivity contribution < 1.29 is 18.3 Å². The topological polar surface area (TPSA) is 49.5 Å². The second-order valence-corrected chi connectivity index (χ2v) is 9.98. The van der Waals surface area contributed by atoms with Crippen molar-refractivity contribution in [2.45, 2.75) is 52.0 Å². The summed E-state index contributed by atoms with van der Waals surface area (Å²) in [6, 6.07) is 4.02. The Morgan fingerprint density at radius 2 is 1.80 bits per heavy atom. The van der Waals surface area contributed by atoms with Gasteiger partial charge in [0.2, 0.25) is 5.89 Å². The highest BCUT2D eigenvalue weighted by atomic mass is 19.2. The zero-order chi connectivity index (χ0) is 20.9. The van der Waals surface area contributed by atoms with Crippen LogP contribution in [0.3, 0.4) is 0 Å². The first kappa shape index (κ1) is 20.1. The smallest absolute Gasteiger partial charge is 0.229 e. The SMILES string of the molecule is Cc1oc(-c2cccc(F)c2F)nc1CN(CCO)CC12CC3CC(CC(C3)C1)C2. The van der Waals surface area contributed by atoms with Crippen LogP contribution in [-0.4, -0.2) is 34.7 Å². The summed E-state index contributed by atoms with van der Waals surface area (Å²) >= 11 is 0. The van der Waals surface area contributed by atoms with Crippen molar-refractivity contribution in [1.29, 1.82) is 0 Å². The summed E-state index contributed by atoms with van der Waals surface area (Å²) in [5.74, 6) is 1.51. The summed E-state index contributed by atoms with van der Waals surface area (Å²) in [6.07, 6.45) is 8.13. The molecule has 6 heteroatoms. The zero-order valence-electron chi connectivity index (χ0n) is 17.5. The Labute approximate surface area is 176 Å². The number of aromatic nitrogens is 1. The van der Waals surface area contributed by atoms with Crippen molar-refractivity contribution in [1.82, 2.24) is 9.88 Å². The molecule has 1 heterocycles. The van der Waals surface area contributed by atoms with Crippen LogP contribution in [0.15, 0.2) is 22.6 Å². The number of benzene rings is 1. The second kappa shape index (κ2) is 7.72. The number of hydrogen-bond donors (Lipinski definition) is 1. The van der Waals surface area contributed by atoms with E-state index in [-0.39, 0.29) is 18.1 Å². The number of aliphatic hydroxyl groups is 1. The van der Waals surface area contributed by atoms with E-state index in [1.807, 2.05) is 6.92 Å². The lowest BCUT2D eigenvalue weighted by Gasteiger charge is -2.58. The number of hydrogen-bond acceptors (Lipinski definition) is 4. The molecule has 0 radical (unpaired) electrons. The molecule has 0 atom stereocenters. The van der Waals surface area contributed by atoms with E-state index in [0.29, 0.717) is 24.3 Å². The molecular weight excluding hydrogens is 386 g/mol. The molecule has 4 aliphatic carbocycles. The van der Waals surface area contributed by atoms with Gasteiger partial charge in [-0.3, -0.25) is 4.90 Å². The first-order valence-corrected chi connectivity index (χ1v) is 11.2. The number of nitrogens with zero attached hydrogens (tertiary/aromatic N) is 2. The van der Waals surface area contributed by atoms with Crippen LogP contribution in [0.1, 0.15) is 50.0 Å². The Morgan fingerprint density at radius 3 is 2.43 bits per heavy atom. The molecule has 0 saturated heterocycles. The zero-order valence-corrected chi connectivity index (χ0v) is 17.5. The molecule has 162 valence electrons. The van der Waals surface area contributed by atoms with Crippen molar-refractivity contribution in [3.63, 3.8) is 0 Å². The van der Waals surface area contributed by atoms with E-state index in [2.05, 4.69) is 9.88 Å². The first-order chi connectivity index (χ1) is 14.4. The highest BCUT2D eigenvalue weighted by Crippen LogP contribution is 2.60. The van der Waals surface area contributed by atoms with E-state index in [1.54, 1.807) is 0 Å². The van der Waals surface area contributed by atoms with E-state index in [4.69, 9.17) is 4.42 Å². The minimum absolute atomic E-state index is 0.0409. The van der Waals surface area contributed by atoms with Crippen molar-refractivity contribution >= 4 is 0 Å². The van der Waals surface area contributed by atoms with Gasteiger partial charge < -0.3 is 9.52 Å². The fourth-order valence-corrected chi connectivity index (χ4v) is 6.88. The van der Waals surface area contributed by atoms with Crippen LogP contribution in [0, 0.1) is 41.7 Å². The normalized spacial score (nSPS) is 29.8. The van der Waals surface area contributed by atoms with Crippen LogP contribution in [0.25, 0.3) is 11.5 Å². The van der Waals surface area contributed by atoms with E-state index in [1.165, 1.54) is 50.7 Å². The van der Waals surface area contributed by atoms with Gasteiger partial charge in [0.05, 0.1) is 17.9 Å². The van der Waals surface area contributed by atoms with Gasteiger partial charge in [-0.15, -0.1) is 0 Å². The monoisotopic (exact) mass is 416 g/mol. The molecule has 30 heavy (non-hydrogen) atoms. The molecule has 4 nitrogen and oxygen atoms in total. The van der Waals surface area contributed by atoms with Gasteiger partial charge in [-0.05, 0) is 80.8 Å². The second-order valence-electron chi connectivity index (χ2n) is 9.98. The summed E-state index contributed by atoms with van der Waals surface area (Å²) in [6.45, 7) is 4.00. The largest absolute Gasteiger partial charge is 0.441 e. The van der Waals surface area contributed by atoms with Crippen molar-refractivity contribution in [2.24, 2.45) is 23.2 Å². The molecule has 0 spiro atoms. The number of rotatable bonds is 7. The third-order valence-electron chi connectivity index (χ3n) is 7.59. The molecule has 4 bridgehead atoms. The highest BCUT2D eigenvalue weighted by molar-refractivity contribution is 5.54. The maximum Gasteiger partial charge on any atom is 0.229 e. The fourth-order valence-electron chi connectivity index (χ4n) is 6.88. The summed E-state index contributed by atoms with van der Waals surface area (Å²) in [5, 5.41) is 9.67. The van der Waals surface area contributed by atoms with Crippen LogP contribution >= 0.6 is 0 Å². The average molecular weight is 417 g/mol. The van der Waals surface area contributed by atoms with Gasteiger partial charge in [0.1, 0.15) is 5.76 Å². The third kappa shape index (κ3) is 3.69. The lowest BCUT2D eigenvalue weighted by Crippen LogP contribution is -2.51. The minimum Gasteiger partial charge on any atom is -0.441 e. The molecule has 4 saturated carbocycles. The van der Waals surface area contributed by atoms with Gasteiger partial charge in [-0.25, -0.2) is 13.8 Å². The standard InChI is InChI=1S/C24H30F2N2O2/c1-15-21(27-23(30-15)19-3-2-4-20(25)22(19)26)13-28(5-6-29)14-24-10-16-7-17(11-24)9-18(8-16)12-24/h2-4,16-18,29H,5-14H2,1H3. The Kier molecular flexibility index (Phi) is 5.18. The number of oxazole rings is 1. The number of aliphatic hydroxyl groups excluding tert-OH is 1. The van der Waals surface area contributed by atoms with E-state index < -0.39 is 11.6 Å². The van der Waals surface area contributed by atoms with Crippen molar-refractivity contribution in [3.05, 3.63) is 41.3 Å². The van der Waals surface area contributed by atoms with Gasteiger partial charge in [0.15, 0.2) is 11.6 Å². The van der Waals surface area contributed by atoms with Gasteiger partial charge in [-0.2, -0.15) is 0 Å². The van der Waals surface area contributed by atoms with Gasteiger partial charge >= 0.3 is 0 Å². The number of aryl methyl sites for hydroxylation is 1. The summed E-state index contributed by atoms with van der Waals surface area (Å²) in [4.78, 5) is 6.78. The molecule has 4 aliphatic rings. The van der Waals surface area contributed by atoms with Crippen LogP contribution < -0.4 is 0 Å². The molecule has 6 rings (SSSR count). The van der Waals surface area contributed by atoms with Gasteiger partial charge in [0.25, 0.3) is 0 Å². The summed E-state index contributed by atoms with van der Waals surface area (Å²) in [7, 11) is 0. The van der Waals surface area contributed by atoms with Crippen LogP contribution in [0.2, 0.25) is 0 Å². The molecule has 1 aromatic heterocycles. The minimum atomic E-state index is -0.939. The predicted octanol–water partition coefficient (Wildman–Crippen LogP) is 4.94. The van der Waals surface area contributed by atoms with E-state index in [9.17, 15) is 13.9 Å². The third-order valence-corrected chi connectivity index (χ3v) is 7.59. The Balaban J connectivity index is 1.35. The van der Waals surface area contributed by atoms with Gasteiger partial charge in [-0.1, -0.05) is 6.07 Å². The summed E-state index contributed by atoms with van der Waals surface area (Å²) < 4.78 is 33.5. The Morgan fingerprint density at radius 1 is 1.13 bits per heavy atom. The molecule has 4 fully saturated rings. The maximum absolute atomic E-state index is 14.2. The lowest BCUT2D eigenvalue weighted by atomic mass is 9.49. The molecule has 0 aliphatic heterocycles. The molecular formula is C24H30F2N2O2. The van der Waals surface area contributed by atoms with E-state index >= 15 is 0 Å². The van der Waals surface area contributed by atoms with Crippen molar-refractivity contribution in [2.75, 3.05) is 19.7 Å². The predicted molar refractivity (Wildman–Crippen MR) is 110 cm³/mol.